The topological polar surface area (TPSA) is 89.1 Å². The van der Waals surface area contributed by atoms with Crippen LogP contribution in [0.4, 0.5) is 11.4 Å². The summed E-state index contributed by atoms with van der Waals surface area (Å²) in [4.78, 5) is 24.2. The number of hydrogen-bond acceptors (Lipinski definition) is 6. The largest absolute Gasteiger partial charge is 0.370 e. The lowest BCUT2D eigenvalue weighted by Gasteiger charge is -2.33. The molecule has 8 heteroatoms. The lowest BCUT2D eigenvalue weighted by molar-refractivity contribution is 0.102. The van der Waals surface area contributed by atoms with Crippen LogP contribution in [0.15, 0.2) is 60.2 Å². The monoisotopic (exact) mass is 418 g/mol. The molecule has 4 heterocycles. The minimum Gasteiger partial charge on any atom is -0.370 e. The lowest BCUT2D eigenvalue weighted by atomic mass is 10.0. The molecule has 0 atom stereocenters. The number of carbonyl (C=O) groups is 1. The molecule has 0 spiro atoms. The molecule has 30 heavy (non-hydrogen) atoms. The summed E-state index contributed by atoms with van der Waals surface area (Å²) in [6, 6.07) is 14.0. The van der Waals surface area contributed by atoms with Crippen molar-refractivity contribution in [2.24, 2.45) is 5.73 Å². The predicted octanol–water partition coefficient (Wildman–Crippen LogP) is 3.66. The van der Waals surface area contributed by atoms with E-state index >= 15 is 0 Å². The Balaban J connectivity index is 1.37. The van der Waals surface area contributed by atoms with Gasteiger partial charge in [0.15, 0.2) is 5.13 Å². The maximum Gasteiger partial charge on any atom is 0.275 e. The maximum absolute atomic E-state index is 12.9. The smallest absolute Gasteiger partial charge is 0.275 e. The molecule has 1 aromatic carbocycles. The van der Waals surface area contributed by atoms with Crippen LogP contribution in [-0.4, -0.2) is 39.6 Å². The van der Waals surface area contributed by atoms with E-state index in [0.29, 0.717) is 10.8 Å². The Kier molecular flexibility index (Phi) is 4.94. The highest BCUT2D eigenvalue weighted by molar-refractivity contribution is 7.12. The van der Waals surface area contributed by atoms with Gasteiger partial charge in [-0.1, -0.05) is 12.1 Å². The molecule has 7 nitrogen and oxygen atoms in total. The standard InChI is InChI=1S/C22H22N6OS/c23-16-8-11-27(12-9-16)19-6-2-1-5-17(19)25-21(29)18-14-30-22(26-18)28-13-7-15-4-3-10-24-20(15)28/h1-7,10,13-14,16H,8-9,11-12,23H2,(H,25,29). The van der Waals surface area contributed by atoms with Crippen LogP contribution in [-0.2, 0) is 0 Å². The van der Waals surface area contributed by atoms with E-state index in [9.17, 15) is 4.79 Å². The molecule has 152 valence electrons. The second-order valence-corrected chi connectivity index (χ2v) is 8.25. The fourth-order valence-electron chi connectivity index (χ4n) is 3.78. The second kappa shape index (κ2) is 7.89. The number of anilines is 2. The average Bonchev–Trinajstić information content (AvgIpc) is 3.42. The van der Waals surface area contributed by atoms with Gasteiger partial charge in [-0.2, -0.15) is 0 Å². The highest BCUT2D eigenvalue weighted by atomic mass is 32.1. The number of para-hydroxylation sites is 2. The van der Waals surface area contributed by atoms with Gasteiger partial charge in [-0.3, -0.25) is 9.36 Å². The molecule has 0 radical (unpaired) electrons. The number of nitrogens with zero attached hydrogens (tertiary/aromatic N) is 4. The first-order valence-corrected chi connectivity index (χ1v) is 10.9. The Morgan fingerprint density at radius 2 is 1.97 bits per heavy atom. The van der Waals surface area contributed by atoms with E-state index < -0.39 is 0 Å². The Bertz CT molecular complexity index is 1190. The summed E-state index contributed by atoms with van der Waals surface area (Å²) in [6.07, 6.45) is 5.59. The van der Waals surface area contributed by atoms with Gasteiger partial charge in [0.05, 0.1) is 11.4 Å². The molecule has 1 amide bonds. The third-order valence-electron chi connectivity index (χ3n) is 5.41. The molecule has 1 aliphatic rings. The van der Waals surface area contributed by atoms with E-state index in [1.165, 1.54) is 11.3 Å². The van der Waals surface area contributed by atoms with Crippen LogP contribution in [0.2, 0.25) is 0 Å². The van der Waals surface area contributed by atoms with Gasteiger partial charge in [0.2, 0.25) is 0 Å². The number of aromatic nitrogens is 3. The van der Waals surface area contributed by atoms with Crippen molar-refractivity contribution in [1.82, 2.24) is 14.5 Å². The van der Waals surface area contributed by atoms with Crippen LogP contribution in [0.25, 0.3) is 16.2 Å². The summed E-state index contributed by atoms with van der Waals surface area (Å²) in [5, 5.41) is 6.57. The number of pyridine rings is 1. The van der Waals surface area contributed by atoms with E-state index in [1.807, 2.05) is 53.2 Å². The summed E-state index contributed by atoms with van der Waals surface area (Å²) < 4.78 is 1.90. The third-order valence-corrected chi connectivity index (χ3v) is 6.25. The zero-order valence-corrected chi connectivity index (χ0v) is 17.2. The Labute approximate surface area is 178 Å². The number of amides is 1. The van der Waals surface area contributed by atoms with Crippen LogP contribution in [0.3, 0.4) is 0 Å². The molecule has 1 fully saturated rings. The molecule has 3 N–H and O–H groups in total. The van der Waals surface area contributed by atoms with Gasteiger partial charge < -0.3 is 16.0 Å². The van der Waals surface area contributed by atoms with Crippen molar-refractivity contribution in [3.8, 4) is 5.13 Å². The third kappa shape index (κ3) is 3.55. The van der Waals surface area contributed by atoms with E-state index in [2.05, 4.69) is 20.2 Å². The molecule has 0 unspecified atom stereocenters. The number of nitrogens with two attached hydrogens (primary N) is 1. The van der Waals surface area contributed by atoms with Gasteiger partial charge in [0.1, 0.15) is 11.3 Å². The van der Waals surface area contributed by atoms with E-state index in [1.54, 1.807) is 11.6 Å². The summed E-state index contributed by atoms with van der Waals surface area (Å²) in [5.41, 5.74) is 9.07. The van der Waals surface area contributed by atoms with Gasteiger partial charge >= 0.3 is 0 Å². The first kappa shape index (κ1) is 18.8. The fraction of sp³-hybridized carbons (Fsp3) is 0.227. The number of thiazole rings is 1. The highest BCUT2D eigenvalue weighted by Gasteiger charge is 2.20. The molecular formula is C22H22N6OS. The number of nitrogens with one attached hydrogen (secondary N) is 1. The van der Waals surface area contributed by atoms with Gasteiger partial charge in [0.25, 0.3) is 5.91 Å². The summed E-state index contributed by atoms with van der Waals surface area (Å²) in [5.74, 6) is -0.219. The summed E-state index contributed by atoms with van der Waals surface area (Å²) >= 11 is 1.42. The predicted molar refractivity (Wildman–Crippen MR) is 121 cm³/mol. The second-order valence-electron chi connectivity index (χ2n) is 7.41. The molecule has 5 rings (SSSR count). The molecule has 4 aromatic rings. The molecule has 0 bridgehead atoms. The quantitative estimate of drug-likeness (QED) is 0.528. The molecule has 1 saturated heterocycles. The van der Waals surface area contributed by atoms with Crippen LogP contribution >= 0.6 is 11.3 Å². The number of fused-ring (bicyclic) bond motifs is 1. The van der Waals surface area contributed by atoms with Crippen molar-refractivity contribution in [2.75, 3.05) is 23.3 Å². The van der Waals surface area contributed by atoms with Crippen molar-refractivity contribution in [2.45, 2.75) is 18.9 Å². The molecule has 3 aromatic heterocycles. The zero-order chi connectivity index (χ0) is 20.5. The van der Waals surface area contributed by atoms with Crippen molar-refractivity contribution in [3.63, 3.8) is 0 Å². The fourth-order valence-corrected chi connectivity index (χ4v) is 4.57. The number of benzene rings is 1. The minimum atomic E-state index is -0.219. The van der Waals surface area contributed by atoms with Crippen molar-refractivity contribution in [3.05, 3.63) is 65.9 Å². The first-order valence-electron chi connectivity index (χ1n) is 9.98. The van der Waals surface area contributed by atoms with Crippen LogP contribution < -0.4 is 16.0 Å². The van der Waals surface area contributed by atoms with E-state index in [4.69, 9.17) is 5.73 Å². The number of hydrogen-bond donors (Lipinski definition) is 2. The van der Waals surface area contributed by atoms with Gasteiger partial charge in [-0.05, 0) is 43.2 Å². The van der Waals surface area contributed by atoms with E-state index in [-0.39, 0.29) is 11.9 Å². The van der Waals surface area contributed by atoms with Crippen LogP contribution in [0.5, 0.6) is 0 Å². The van der Waals surface area contributed by atoms with Crippen molar-refractivity contribution >= 4 is 39.7 Å². The SMILES string of the molecule is NC1CCN(c2ccccc2NC(=O)c2csc(-n3ccc4cccnc43)n2)CC1. The number of carbonyl (C=O) groups excluding carboxylic acids is 1. The molecule has 0 aliphatic carbocycles. The van der Waals surface area contributed by atoms with Gasteiger partial charge in [-0.15, -0.1) is 11.3 Å². The number of rotatable bonds is 4. The van der Waals surface area contributed by atoms with E-state index in [0.717, 1.165) is 48.3 Å². The number of piperidine rings is 1. The average molecular weight is 419 g/mol. The van der Waals surface area contributed by atoms with Crippen LogP contribution in [0, 0.1) is 0 Å². The lowest BCUT2D eigenvalue weighted by Crippen LogP contribution is -2.40. The highest BCUT2D eigenvalue weighted by Crippen LogP contribution is 2.29. The van der Waals surface area contributed by atoms with Gasteiger partial charge in [-0.25, -0.2) is 9.97 Å². The molecule has 0 saturated carbocycles. The molecular weight excluding hydrogens is 396 g/mol. The minimum absolute atomic E-state index is 0.219. The summed E-state index contributed by atoms with van der Waals surface area (Å²) in [6.45, 7) is 1.78. The summed E-state index contributed by atoms with van der Waals surface area (Å²) in [7, 11) is 0. The Morgan fingerprint density at radius 3 is 2.83 bits per heavy atom. The first-order chi connectivity index (χ1) is 14.7. The normalized spacial score (nSPS) is 14.9. The Morgan fingerprint density at radius 1 is 1.13 bits per heavy atom. The maximum atomic E-state index is 12.9. The zero-order valence-electron chi connectivity index (χ0n) is 16.4. The van der Waals surface area contributed by atoms with Gasteiger partial charge in [0, 0.05) is 42.3 Å². The van der Waals surface area contributed by atoms with Crippen molar-refractivity contribution < 1.29 is 4.79 Å². The molecule has 1 aliphatic heterocycles. The van der Waals surface area contributed by atoms with Crippen molar-refractivity contribution in [1.29, 1.82) is 0 Å². The van der Waals surface area contributed by atoms with Crippen LogP contribution in [0.1, 0.15) is 23.3 Å². The Hall–Kier alpha value is -3.23.